The van der Waals surface area contributed by atoms with Crippen molar-refractivity contribution in [3.63, 3.8) is 0 Å². The normalized spacial score (nSPS) is 17.6. The van der Waals surface area contributed by atoms with Crippen molar-refractivity contribution in [1.82, 2.24) is 19.6 Å². The molecule has 0 aliphatic carbocycles. The molecule has 0 radical (unpaired) electrons. The standard InChI is InChI=1S/C27H42N4O6SSi/c1-26(2,3)39(7,8)36-21-12-13-23-22(17-21)25(29-31(23)24-11-9-10-15-34-24)20-18-28-30(19-20)14-16-35-27(4,5)37-38(6,32)33/h12-13,17-19,24H,9-11,14-16H2,1-8H3/t24-/m0/s1. The van der Waals surface area contributed by atoms with Crippen LogP contribution in [-0.2, 0) is 30.3 Å². The number of rotatable bonds is 10. The van der Waals surface area contributed by atoms with Crippen molar-refractivity contribution >= 4 is 29.3 Å². The monoisotopic (exact) mass is 578 g/mol. The van der Waals surface area contributed by atoms with Crippen LogP contribution in [0.3, 0.4) is 0 Å². The van der Waals surface area contributed by atoms with Crippen molar-refractivity contribution < 1.29 is 26.5 Å². The van der Waals surface area contributed by atoms with E-state index in [1.54, 1.807) is 24.7 Å². The van der Waals surface area contributed by atoms with Crippen LogP contribution < -0.4 is 4.43 Å². The highest BCUT2D eigenvalue weighted by Crippen LogP contribution is 2.39. The molecule has 2 aromatic heterocycles. The molecule has 12 heteroatoms. The van der Waals surface area contributed by atoms with Crippen LogP contribution in [0.25, 0.3) is 22.2 Å². The van der Waals surface area contributed by atoms with Crippen LogP contribution in [0.5, 0.6) is 5.75 Å². The molecule has 1 atom stereocenters. The third-order valence-electron chi connectivity index (χ3n) is 7.31. The number of ether oxygens (including phenoxy) is 2. The molecule has 3 aromatic rings. The van der Waals surface area contributed by atoms with Gasteiger partial charge in [0.15, 0.2) is 12.0 Å². The fraction of sp³-hybridized carbons (Fsp3) is 0.630. The predicted molar refractivity (Wildman–Crippen MR) is 154 cm³/mol. The van der Waals surface area contributed by atoms with Gasteiger partial charge in [-0.2, -0.15) is 18.6 Å². The zero-order valence-electron chi connectivity index (χ0n) is 24.4. The van der Waals surface area contributed by atoms with Gasteiger partial charge in [0, 0.05) is 23.8 Å². The molecule has 1 aliphatic rings. The molecule has 0 saturated carbocycles. The van der Waals surface area contributed by atoms with Crippen LogP contribution in [0.1, 0.15) is 60.1 Å². The third kappa shape index (κ3) is 7.29. The molecule has 1 fully saturated rings. The van der Waals surface area contributed by atoms with Crippen LogP contribution >= 0.6 is 0 Å². The Morgan fingerprint density at radius 1 is 1.15 bits per heavy atom. The van der Waals surface area contributed by atoms with Crippen molar-refractivity contribution in [2.24, 2.45) is 0 Å². The zero-order valence-corrected chi connectivity index (χ0v) is 26.2. The Morgan fingerprint density at radius 2 is 1.90 bits per heavy atom. The van der Waals surface area contributed by atoms with Gasteiger partial charge in [-0.3, -0.25) is 4.68 Å². The largest absolute Gasteiger partial charge is 0.543 e. The minimum Gasteiger partial charge on any atom is -0.543 e. The van der Waals surface area contributed by atoms with Gasteiger partial charge in [-0.15, -0.1) is 0 Å². The summed E-state index contributed by atoms with van der Waals surface area (Å²) in [5.74, 6) is -0.424. The Hall–Kier alpha value is -2.25. The first-order chi connectivity index (χ1) is 18.0. The zero-order chi connectivity index (χ0) is 28.6. The average Bonchev–Trinajstić information content (AvgIpc) is 3.41. The van der Waals surface area contributed by atoms with Crippen LogP contribution in [0.15, 0.2) is 30.6 Å². The molecule has 0 spiro atoms. The van der Waals surface area contributed by atoms with E-state index >= 15 is 0 Å². The summed E-state index contributed by atoms with van der Waals surface area (Å²) in [4.78, 5) is 0. The van der Waals surface area contributed by atoms with Crippen LogP contribution in [0, 0.1) is 0 Å². The van der Waals surface area contributed by atoms with Gasteiger partial charge in [0.25, 0.3) is 10.1 Å². The average molecular weight is 579 g/mol. The van der Waals surface area contributed by atoms with Gasteiger partial charge in [-0.1, -0.05) is 20.8 Å². The minimum absolute atomic E-state index is 0.0784. The van der Waals surface area contributed by atoms with E-state index in [9.17, 15) is 8.42 Å². The summed E-state index contributed by atoms with van der Waals surface area (Å²) in [6, 6.07) is 6.20. The summed E-state index contributed by atoms with van der Waals surface area (Å²) in [6.07, 6.45) is 7.68. The Morgan fingerprint density at radius 3 is 2.54 bits per heavy atom. The molecule has 10 nitrogen and oxygen atoms in total. The summed E-state index contributed by atoms with van der Waals surface area (Å²) in [5.41, 5.74) is 2.67. The number of nitrogens with zero attached hydrogens (tertiary/aromatic N) is 4. The Labute approximate surface area is 232 Å². The van der Waals surface area contributed by atoms with E-state index in [4.69, 9.17) is 23.2 Å². The first-order valence-corrected chi connectivity index (χ1v) is 18.2. The van der Waals surface area contributed by atoms with E-state index in [-0.39, 0.29) is 17.9 Å². The Kier molecular flexibility index (Phi) is 8.35. The van der Waals surface area contributed by atoms with E-state index in [0.717, 1.165) is 60.0 Å². The first-order valence-electron chi connectivity index (χ1n) is 13.4. The second kappa shape index (κ2) is 11.0. The van der Waals surface area contributed by atoms with Gasteiger partial charge in [-0.05, 0) is 69.4 Å². The molecule has 0 N–H and O–H groups in total. The minimum atomic E-state index is -3.64. The second-order valence-corrected chi connectivity index (χ2v) is 18.5. The summed E-state index contributed by atoms with van der Waals surface area (Å²) < 4.78 is 50.0. The van der Waals surface area contributed by atoms with Crippen molar-refractivity contribution in [2.45, 2.75) is 90.6 Å². The number of benzene rings is 1. The molecule has 4 rings (SSSR count). The Balaban J connectivity index is 1.62. The highest BCUT2D eigenvalue weighted by atomic mass is 32.2. The van der Waals surface area contributed by atoms with Gasteiger partial charge in [-0.25, -0.2) is 8.86 Å². The summed E-state index contributed by atoms with van der Waals surface area (Å²) in [5, 5.41) is 10.6. The molecule has 1 aromatic carbocycles. The van der Waals surface area contributed by atoms with E-state index in [2.05, 4.69) is 51.1 Å². The van der Waals surface area contributed by atoms with Crippen molar-refractivity contribution in [3.05, 3.63) is 30.6 Å². The quantitative estimate of drug-likeness (QED) is 0.171. The molecule has 3 heterocycles. The number of hydrogen-bond donors (Lipinski definition) is 0. The molecule has 1 saturated heterocycles. The van der Waals surface area contributed by atoms with E-state index in [1.807, 2.05) is 16.9 Å². The van der Waals surface area contributed by atoms with Crippen LogP contribution in [0.2, 0.25) is 18.1 Å². The molecule has 0 bridgehead atoms. The van der Waals surface area contributed by atoms with E-state index in [0.29, 0.717) is 6.54 Å². The fourth-order valence-electron chi connectivity index (χ4n) is 4.36. The number of aromatic nitrogens is 4. The maximum atomic E-state index is 11.5. The first kappa shape index (κ1) is 29.7. The smallest absolute Gasteiger partial charge is 0.267 e. The van der Waals surface area contributed by atoms with Crippen molar-refractivity contribution in [2.75, 3.05) is 19.5 Å². The lowest BCUT2D eigenvalue weighted by atomic mass is 10.1. The maximum absolute atomic E-state index is 11.5. The highest BCUT2D eigenvalue weighted by molar-refractivity contribution is 7.86. The maximum Gasteiger partial charge on any atom is 0.267 e. The van der Waals surface area contributed by atoms with E-state index in [1.165, 1.54) is 0 Å². The van der Waals surface area contributed by atoms with E-state index < -0.39 is 24.2 Å². The Bertz CT molecular complexity index is 1400. The van der Waals surface area contributed by atoms with Crippen molar-refractivity contribution in [1.29, 1.82) is 0 Å². The fourth-order valence-corrected chi connectivity index (χ4v) is 6.16. The molecule has 1 aliphatic heterocycles. The summed E-state index contributed by atoms with van der Waals surface area (Å²) in [6.45, 7) is 15.7. The molecular weight excluding hydrogens is 536 g/mol. The van der Waals surface area contributed by atoms with Gasteiger partial charge >= 0.3 is 0 Å². The third-order valence-corrected chi connectivity index (χ3v) is 12.4. The lowest BCUT2D eigenvalue weighted by Crippen LogP contribution is -2.43. The van der Waals surface area contributed by atoms with Gasteiger partial charge < -0.3 is 13.9 Å². The van der Waals surface area contributed by atoms with Gasteiger partial charge in [0.05, 0.1) is 31.1 Å². The van der Waals surface area contributed by atoms with Crippen LogP contribution in [0.4, 0.5) is 0 Å². The molecule has 0 amide bonds. The summed E-state index contributed by atoms with van der Waals surface area (Å²) in [7, 11) is -5.66. The topological polar surface area (TPSA) is 107 Å². The predicted octanol–water partition coefficient (Wildman–Crippen LogP) is 5.71. The highest BCUT2D eigenvalue weighted by Gasteiger charge is 2.39. The van der Waals surface area contributed by atoms with Gasteiger partial charge in [0.1, 0.15) is 11.4 Å². The second-order valence-electron chi connectivity index (χ2n) is 12.2. The SMILES string of the molecule is CC(C)(OCCn1cc(-c2nn([C@@H]3CCCCO3)c3ccc(O[Si](C)(C)C(C)(C)C)cc23)cn1)OS(C)(=O)=O. The number of fused-ring (bicyclic) bond motifs is 1. The summed E-state index contributed by atoms with van der Waals surface area (Å²) >= 11 is 0. The van der Waals surface area contributed by atoms with Crippen molar-refractivity contribution in [3.8, 4) is 17.0 Å². The molecule has 0 unspecified atom stereocenters. The molecule has 216 valence electrons. The van der Waals surface area contributed by atoms with Crippen LogP contribution in [-0.4, -0.2) is 61.6 Å². The number of hydrogen-bond acceptors (Lipinski definition) is 8. The van der Waals surface area contributed by atoms with Gasteiger partial charge in [0.2, 0.25) is 8.32 Å². The molecule has 39 heavy (non-hydrogen) atoms. The molecular formula is C27H42N4O6SSi. The lowest BCUT2D eigenvalue weighted by Gasteiger charge is -2.36. The lowest BCUT2D eigenvalue weighted by molar-refractivity contribution is -0.154.